The van der Waals surface area contributed by atoms with E-state index in [1.807, 2.05) is 27.7 Å². The van der Waals surface area contributed by atoms with Gasteiger partial charge in [-0.1, -0.05) is 12.8 Å². The van der Waals surface area contributed by atoms with Crippen LogP contribution in [-0.2, 0) is 23.8 Å². The monoisotopic (exact) mass is 316 g/mol. The summed E-state index contributed by atoms with van der Waals surface area (Å²) in [6.45, 7) is 12.1. The molecule has 0 aromatic heterocycles. The summed E-state index contributed by atoms with van der Waals surface area (Å²) in [5.74, 6) is -1.78. The molecular weight excluding hydrogens is 284 g/mol. The van der Waals surface area contributed by atoms with Gasteiger partial charge in [-0.15, -0.1) is 0 Å². The highest BCUT2D eigenvalue weighted by Gasteiger charge is 2.28. The normalized spacial score (nSPS) is 13.0. The summed E-state index contributed by atoms with van der Waals surface area (Å²) >= 11 is 0. The molecule has 0 fully saturated rings. The van der Waals surface area contributed by atoms with E-state index in [2.05, 4.69) is 0 Å². The predicted molar refractivity (Wildman–Crippen MR) is 85.5 cm³/mol. The van der Waals surface area contributed by atoms with Gasteiger partial charge < -0.3 is 14.2 Å². The molecule has 1 unspecified atom stereocenters. The molecule has 0 aliphatic heterocycles. The molecule has 130 valence electrons. The van der Waals surface area contributed by atoms with Crippen LogP contribution in [0.1, 0.15) is 67.2 Å². The fourth-order valence-corrected chi connectivity index (χ4v) is 2.26. The van der Waals surface area contributed by atoms with Gasteiger partial charge in [0.1, 0.15) is 0 Å². The van der Waals surface area contributed by atoms with E-state index in [0.29, 0.717) is 6.42 Å². The number of carbonyl (C=O) groups excluding carboxylic acids is 2. The molecule has 5 heteroatoms. The second-order valence-corrected chi connectivity index (χ2v) is 6.38. The van der Waals surface area contributed by atoms with Gasteiger partial charge in [-0.05, 0) is 54.4 Å². The zero-order valence-corrected chi connectivity index (χ0v) is 14.9. The van der Waals surface area contributed by atoms with Crippen molar-refractivity contribution in [2.45, 2.75) is 78.9 Å². The number of unbranched alkanes of at least 4 members (excludes halogenated alkanes) is 1. The lowest BCUT2D eigenvalue weighted by Gasteiger charge is -2.25. The maximum absolute atomic E-state index is 11.8. The van der Waals surface area contributed by atoms with Crippen LogP contribution in [0.3, 0.4) is 0 Å². The van der Waals surface area contributed by atoms with E-state index in [1.54, 1.807) is 13.8 Å². The molecule has 0 aromatic carbocycles. The zero-order valence-electron chi connectivity index (χ0n) is 14.9. The molecule has 22 heavy (non-hydrogen) atoms. The van der Waals surface area contributed by atoms with Crippen molar-refractivity contribution in [1.29, 1.82) is 0 Å². The molecule has 0 saturated carbocycles. The Morgan fingerprint density at radius 2 is 1.36 bits per heavy atom. The Balaban J connectivity index is 4.23. The van der Waals surface area contributed by atoms with Crippen LogP contribution in [0, 0.1) is 5.92 Å². The summed E-state index contributed by atoms with van der Waals surface area (Å²) < 4.78 is 15.7. The van der Waals surface area contributed by atoms with Gasteiger partial charge in [0.15, 0.2) is 5.92 Å². The van der Waals surface area contributed by atoms with Crippen molar-refractivity contribution in [2.24, 2.45) is 5.92 Å². The maximum atomic E-state index is 11.8. The molecule has 0 amide bonds. The Bertz CT molecular complexity index is 314. The summed E-state index contributed by atoms with van der Waals surface area (Å²) in [7, 11) is 0. The van der Waals surface area contributed by atoms with Crippen molar-refractivity contribution < 1.29 is 23.8 Å². The van der Waals surface area contributed by atoms with Crippen molar-refractivity contribution in [3.8, 4) is 0 Å². The van der Waals surface area contributed by atoms with Crippen LogP contribution >= 0.6 is 0 Å². The van der Waals surface area contributed by atoms with Crippen LogP contribution in [0.5, 0.6) is 0 Å². The topological polar surface area (TPSA) is 61.8 Å². The van der Waals surface area contributed by atoms with Gasteiger partial charge in [-0.25, -0.2) is 0 Å². The summed E-state index contributed by atoms with van der Waals surface area (Å²) in [5.41, 5.74) is -0.155. The molecule has 0 radical (unpaired) electrons. The first-order valence-electron chi connectivity index (χ1n) is 8.22. The minimum absolute atomic E-state index is 0.155. The SMILES string of the molecule is CCOC(=O)C(CCCCC(C)OC(C)(C)C)C(=O)OCC. The van der Waals surface area contributed by atoms with E-state index in [4.69, 9.17) is 14.2 Å². The van der Waals surface area contributed by atoms with Crippen molar-refractivity contribution in [1.82, 2.24) is 0 Å². The van der Waals surface area contributed by atoms with Crippen LogP contribution < -0.4 is 0 Å². The molecular formula is C17H32O5. The molecule has 0 N–H and O–H groups in total. The second kappa shape index (κ2) is 10.6. The number of rotatable bonds is 10. The first-order valence-corrected chi connectivity index (χ1v) is 8.22. The Hall–Kier alpha value is -1.10. The molecule has 0 spiro atoms. The van der Waals surface area contributed by atoms with Crippen molar-refractivity contribution in [3.05, 3.63) is 0 Å². The van der Waals surface area contributed by atoms with Crippen molar-refractivity contribution in [2.75, 3.05) is 13.2 Å². The van der Waals surface area contributed by atoms with E-state index in [0.717, 1.165) is 19.3 Å². The number of hydrogen-bond acceptors (Lipinski definition) is 5. The number of ether oxygens (including phenoxy) is 3. The number of hydrogen-bond donors (Lipinski definition) is 0. The van der Waals surface area contributed by atoms with E-state index in [1.165, 1.54) is 0 Å². The van der Waals surface area contributed by atoms with Gasteiger partial charge in [0.25, 0.3) is 0 Å². The molecule has 0 saturated heterocycles. The van der Waals surface area contributed by atoms with E-state index in [9.17, 15) is 9.59 Å². The molecule has 1 atom stereocenters. The largest absolute Gasteiger partial charge is 0.465 e. The minimum Gasteiger partial charge on any atom is -0.465 e. The molecule has 0 rings (SSSR count). The predicted octanol–water partition coefficient (Wildman–Crippen LogP) is 3.49. The smallest absolute Gasteiger partial charge is 0.320 e. The van der Waals surface area contributed by atoms with Gasteiger partial charge in [0.05, 0.1) is 24.9 Å². The summed E-state index contributed by atoms with van der Waals surface area (Å²) in [6.07, 6.45) is 3.17. The quantitative estimate of drug-likeness (QED) is 0.351. The first kappa shape index (κ1) is 20.9. The summed E-state index contributed by atoms with van der Waals surface area (Å²) in [6, 6.07) is 0. The lowest BCUT2D eigenvalue weighted by molar-refractivity contribution is -0.161. The molecule has 0 aliphatic carbocycles. The highest BCUT2D eigenvalue weighted by Crippen LogP contribution is 2.18. The van der Waals surface area contributed by atoms with Crippen LogP contribution in [0.2, 0.25) is 0 Å². The standard InChI is InChI=1S/C17H32O5/c1-7-20-15(18)14(16(19)21-8-2)12-10-9-11-13(3)22-17(4,5)6/h13-14H,7-12H2,1-6H3. The van der Waals surface area contributed by atoms with Gasteiger partial charge >= 0.3 is 11.9 Å². The number of carbonyl (C=O) groups is 2. The van der Waals surface area contributed by atoms with Gasteiger partial charge in [-0.3, -0.25) is 9.59 Å². The molecule has 0 heterocycles. The van der Waals surface area contributed by atoms with Crippen LogP contribution in [0.4, 0.5) is 0 Å². The minimum atomic E-state index is -0.807. The summed E-state index contributed by atoms with van der Waals surface area (Å²) in [4.78, 5) is 23.7. The molecule has 5 nitrogen and oxygen atoms in total. The third-order valence-electron chi connectivity index (χ3n) is 3.05. The van der Waals surface area contributed by atoms with E-state index < -0.39 is 17.9 Å². The molecule has 0 aromatic rings. The highest BCUT2D eigenvalue weighted by atomic mass is 16.6. The number of esters is 2. The zero-order chi connectivity index (χ0) is 17.2. The highest BCUT2D eigenvalue weighted by molar-refractivity contribution is 5.94. The fourth-order valence-electron chi connectivity index (χ4n) is 2.26. The maximum Gasteiger partial charge on any atom is 0.320 e. The van der Waals surface area contributed by atoms with E-state index in [-0.39, 0.29) is 24.9 Å². The lowest BCUT2D eigenvalue weighted by atomic mass is 10.0. The first-order chi connectivity index (χ1) is 10.2. The Labute approximate surface area is 134 Å². The van der Waals surface area contributed by atoms with Gasteiger partial charge in [0.2, 0.25) is 0 Å². The fraction of sp³-hybridized carbons (Fsp3) is 0.882. The average molecular weight is 316 g/mol. The Morgan fingerprint density at radius 3 is 1.77 bits per heavy atom. The van der Waals surface area contributed by atoms with Crippen molar-refractivity contribution >= 4 is 11.9 Å². The lowest BCUT2D eigenvalue weighted by Crippen LogP contribution is -2.28. The second-order valence-electron chi connectivity index (χ2n) is 6.38. The van der Waals surface area contributed by atoms with Gasteiger partial charge in [-0.2, -0.15) is 0 Å². The Morgan fingerprint density at radius 1 is 0.909 bits per heavy atom. The van der Waals surface area contributed by atoms with Gasteiger partial charge in [0, 0.05) is 0 Å². The third kappa shape index (κ3) is 9.77. The molecule has 0 bridgehead atoms. The van der Waals surface area contributed by atoms with Crippen LogP contribution in [0.15, 0.2) is 0 Å². The Kier molecular flexibility index (Phi) is 10.1. The molecule has 0 aliphatic rings. The van der Waals surface area contributed by atoms with Crippen LogP contribution in [0.25, 0.3) is 0 Å². The van der Waals surface area contributed by atoms with Crippen LogP contribution in [-0.4, -0.2) is 36.9 Å². The van der Waals surface area contributed by atoms with E-state index >= 15 is 0 Å². The third-order valence-corrected chi connectivity index (χ3v) is 3.05. The summed E-state index contributed by atoms with van der Waals surface area (Å²) in [5, 5.41) is 0. The average Bonchev–Trinajstić information content (AvgIpc) is 2.36. The van der Waals surface area contributed by atoms with Crippen molar-refractivity contribution in [3.63, 3.8) is 0 Å².